The van der Waals surface area contributed by atoms with Crippen molar-refractivity contribution in [1.82, 2.24) is 4.90 Å². The van der Waals surface area contributed by atoms with Gasteiger partial charge in [-0.05, 0) is 43.1 Å². The van der Waals surface area contributed by atoms with E-state index in [1.165, 1.54) is 5.56 Å². The van der Waals surface area contributed by atoms with Gasteiger partial charge in [0.05, 0.1) is 19.8 Å². The Morgan fingerprint density at radius 1 is 1.35 bits per heavy atom. The Kier molecular flexibility index (Phi) is 5.40. The molecule has 1 N–H and O–H groups in total. The lowest BCUT2D eigenvalue weighted by Crippen LogP contribution is -2.40. The predicted octanol–water partition coefficient (Wildman–Crippen LogP) is 2.01. The zero-order valence-electron chi connectivity index (χ0n) is 12.6. The Bertz CT molecular complexity index is 436. The van der Waals surface area contributed by atoms with Crippen LogP contribution in [0.1, 0.15) is 31.1 Å². The van der Waals surface area contributed by atoms with Crippen molar-refractivity contribution in [2.24, 2.45) is 0 Å². The summed E-state index contributed by atoms with van der Waals surface area (Å²) in [4.78, 5) is 2.30. The Hall–Kier alpha value is -1.10. The number of methoxy groups -OCH3 is 1. The molecule has 20 heavy (non-hydrogen) atoms. The molecule has 0 fully saturated rings. The first-order chi connectivity index (χ1) is 9.71. The molecule has 0 aromatic heterocycles. The fourth-order valence-corrected chi connectivity index (χ4v) is 2.92. The van der Waals surface area contributed by atoms with Crippen molar-refractivity contribution in [2.75, 3.05) is 33.4 Å². The number of fused-ring (bicyclic) bond motifs is 1. The van der Waals surface area contributed by atoms with Gasteiger partial charge in [0.2, 0.25) is 0 Å². The molecule has 2 atom stereocenters. The molecule has 0 saturated carbocycles. The second kappa shape index (κ2) is 7.07. The van der Waals surface area contributed by atoms with Crippen LogP contribution in [0, 0.1) is 0 Å². The first-order valence-electron chi connectivity index (χ1n) is 7.37. The van der Waals surface area contributed by atoms with Crippen LogP contribution in [-0.2, 0) is 11.2 Å². The summed E-state index contributed by atoms with van der Waals surface area (Å²) in [5.41, 5.74) is 2.22. The molecule has 1 aromatic rings. The molecule has 0 saturated heterocycles. The third-order valence-electron chi connectivity index (χ3n) is 4.07. The van der Waals surface area contributed by atoms with Crippen LogP contribution in [-0.4, -0.2) is 49.5 Å². The zero-order chi connectivity index (χ0) is 14.5. The van der Waals surface area contributed by atoms with Crippen molar-refractivity contribution in [3.8, 4) is 5.75 Å². The second-order valence-corrected chi connectivity index (χ2v) is 5.11. The number of ether oxygens (including phenoxy) is 2. The fourth-order valence-electron chi connectivity index (χ4n) is 2.92. The van der Waals surface area contributed by atoms with E-state index >= 15 is 0 Å². The average Bonchev–Trinajstić information content (AvgIpc) is 2.80. The molecule has 2 rings (SSSR count). The summed E-state index contributed by atoms with van der Waals surface area (Å²) in [5, 5.41) is 10.6. The van der Waals surface area contributed by atoms with Crippen LogP contribution in [0.25, 0.3) is 0 Å². The molecule has 4 heteroatoms. The first-order valence-corrected chi connectivity index (χ1v) is 7.37. The van der Waals surface area contributed by atoms with Crippen molar-refractivity contribution in [1.29, 1.82) is 0 Å². The summed E-state index contributed by atoms with van der Waals surface area (Å²) in [7, 11) is 1.65. The summed E-state index contributed by atoms with van der Waals surface area (Å²) < 4.78 is 10.7. The molecular formula is C16H25NO3. The first kappa shape index (κ1) is 15.3. The van der Waals surface area contributed by atoms with Gasteiger partial charge < -0.3 is 14.6 Å². The quantitative estimate of drug-likeness (QED) is 0.775. The summed E-state index contributed by atoms with van der Waals surface area (Å²) in [6, 6.07) is 6.12. The van der Waals surface area contributed by atoms with Crippen LogP contribution in [0.2, 0.25) is 0 Å². The number of aliphatic hydroxyl groups excluding tert-OH is 1. The van der Waals surface area contributed by atoms with Gasteiger partial charge in [-0.2, -0.15) is 0 Å². The molecule has 112 valence electrons. The van der Waals surface area contributed by atoms with Crippen LogP contribution < -0.4 is 4.74 Å². The van der Waals surface area contributed by atoms with E-state index in [0.717, 1.165) is 37.4 Å². The highest BCUT2D eigenvalue weighted by Crippen LogP contribution is 2.36. The Morgan fingerprint density at radius 3 is 2.80 bits per heavy atom. The van der Waals surface area contributed by atoms with E-state index in [1.807, 2.05) is 19.1 Å². The standard InChI is InChI=1S/C16H25NO3/c1-4-17(8-9-20-5-2)15-10-12-6-7-13(19-3)11-14(12)16(15)18/h6-7,11,15-16,18H,4-5,8-10H2,1-3H3. The molecule has 2 unspecified atom stereocenters. The summed E-state index contributed by atoms with van der Waals surface area (Å²) in [6.07, 6.45) is 0.446. The van der Waals surface area contributed by atoms with Crippen LogP contribution in [0.4, 0.5) is 0 Å². The Balaban J connectivity index is 2.08. The van der Waals surface area contributed by atoms with Crippen molar-refractivity contribution in [3.63, 3.8) is 0 Å². The number of hydrogen-bond acceptors (Lipinski definition) is 4. The lowest BCUT2D eigenvalue weighted by Gasteiger charge is -2.29. The van der Waals surface area contributed by atoms with Gasteiger partial charge in [-0.25, -0.2) is 0 Å². The molecule has 0 radical (unpaired) electrons. The number of likely N-dealkylation sites (N-methyl/N-ethyl adjacent to an activating group) is 1. The minimum Gasteiger partial charge on any atom is -0.497 e. The number of hydrogen-bond donors (Lipinski definition) is 1. The largest absolute Gasteiger partial charge is 0.497 e. The zero-order valence-corrected chi connectivity index (χ0v) is 12.6. The molecule has 1 aliphatic rings. The number of nitrogens with zero attached hydrogens (tertiary/aromatic N) is 1. The van der Waals surface area contributed by atoms with Crippen molar-refractivity contribution in [3.05, 3.63) is 29.3 Å². The highest BCUT2D eigenvalue weighted by atomic mass is 16.5. The van der Waals surface area contributed by atoms with Crippen molar-refractivity contribution < 1.29 is 14.6 Å². The summed E-state index contributed by atoms with van der Waals surface area (Å²) in [5.74, 6) is 0.806. The van der Waals surface area contributed by atoms with Crippen LogP contribution >= 0.6 is 0 Å². The number of aliphatic hydroxyl groups is 1. The number of benzene rings is 1. The average molecular weight is 279 g/mol. The monoisotopic (exact) mass is 279 g/mol. The van der Waals surface area contributed by atoms with E-state index in [1.54, 1.807) is 7.11 Å². The molecule has 4 nitrogen and oxygen atoms in total. The number of rotatable bonds is 7. The molecule has 0 aliphatic heterocycles. The van der Waals surface area contributed by atoms with E-state index in [2.05, 4.69) is 17.9 Å². The maximum atomic E-state index is 10.6. The van der Waals surface area contributed by atoms with Crippen LogP contribution in [0.15, 0.2) is 18.2 Å². The molecule has 1 aromatic carbocycles. The lowest BCUT2D eigenvalue weighted by molar-refractivity contribution is 0.0397. The van der Waals surface area contributed by atoms with E-state index in [4.69, 9.17) is 9.47 Å². The third-order valence-corrected chi connectivity index (χ3v) is 4.07. The van der Waals surface area contributed by atoms with Gasteiger partial charge in [-0.1, -0.05) is 13.0 Å². The van der Waals surface area contributed by atoms with E-state index < -0.39 is 6.10 Å². The molecule has 0 amide bonds. The molecule has 1 aliphatic carbocycles. The molecular weight excluding hydrogens is 254 g/mol. The Morgan fingerprint density at radius 2 is 2.15 bits per heavy atom. The van der Waals surface area contributed by atoms with Crippen LogP contribution in [0.3, 0.4) is 0 Å². The highest BCUT2D eigenvalue weighted by molar-refractivity contribution is 5.41. The van der Waals surface area contributed by atoms with Gasteiger partial charge >= 0.3 is 0 Å². The minimum atomic E-state index is -0.443. The van der Waals surface area contributed by atoms with Crippen LogP contribution in [0.5, 0.6) is 5.75 Å². The van der Waals surface area contributed by atoms with Gasteiger partial charge in [0, 0.05) is 19.2 Å². The predicted molar refractivity (Wildman–Crippen MR) is 79.2 cm³/mol. The third kappa shape index (κ3) is 3.14. The van der Waals surface area contributed by atoms with Gasteiger partial charge in [0.1, 0.15) is 5.75 Å². The van der Waals surface area contributed by atoms with Crippen molar-refractivity contribution >= 4 is 0 Å². The molecule has 0 bridgehead atoms. The topological polar surface area (TPSA) is 41.9 Å². The molecule has 0 spiro atoms. The lowest BCUT2D eigenvalue weighted by atomic mass is 10.1. The van der Waals surface area contributed by atoms with E-state index in [-0.39, 0.29) is 6.04 Å². The van der Waals surface area contributed by atoms with Gasteiger partial charge in [0.25, 0.3) is 0 Å². The minimum absolute atomic E-state index is 0.141. The van der Waals surface area contributed by atoms with Gasteiger partial charge in [0.15, 0.2) is 0 Å². The summed E-state index contributed by atoms with van der Waals surface area (Å²) >= 11 is 0. The maximum absolute atomic E-state index is 10.6. The normalized spacial score (nSPS) is 21.2. The van der Waals surface area contributed by atoms with Crippen molar-refractivity contribution in [2.45, 2.75) is 32.4 Å². The fraction of sp³-hybridized carbons (Fsp3) is 0.625. The SMILES string of the molecule is CCOCCN(CC)C1Cc2ccc(OC)cc2C1O. The highest BCUT2D eigenvalue weighted by Gasteiger charge is 2.34. The smallest absolute Gasteiger partial charge is 0.119 e. The summed E-state index contributed by atoms with van der Waals surface area (Å²) in [6.45, 7) is 7.36. The van der Waals surface area contributed by atoms with Gasteiger partial charge in [-0.3, -0.25) is 4.90 Å². The van der Waals surface area contributed by atoms with E-state index in [0.29, 0.717) is 6.61 Å². The van der Waals surface area contributed by atoms with Gasteiger partial charge in [-0.15, -0.1) is 0 Å². The maximum Gasteiger partial charge on any atom is 0.119 e. The molecule has 0 heterocycles. The van der Waals surface area contributed by atoms with E-state index in [9.17, 15) is 5.11 Å². The Labute approximate surface area is 121 Å². The second-order valence-electron chi connectivity index (χ2n) is 5.11.